The smallest absolute Gasteiger partial charge is 0.295 e. The molecule has 7 nitrogen and oxygen atoms in total. The van der Waals surface area contributed by atoms with E-state index in [0.29, 0.717) is 35.8 Å². The Kier molecular flexibility index (Phi) is 7.45. The quantitative estimate of drug-likeness (QED) is 0.271. The van der Waals surface area contributed by atoms with Crippen molar-refractivity contribution >= 4 is 17.4 Å². The molecule has 35 heavy (non-hydrogen) atoms. The first kappa shape index (κ1) is 24.0. The Morgan fingerprint density at radius 3 is 2.49 bits per heavy atom. The van der Waals surface area contributed by atoms with E-state index in [1.165, 1.54) is 4.90 Å². The van der Waals surface area contributed by atoms with Gasteiger partial charge in [-0.2, -0.15) is 0 Å². The van der Waals surface area contributed by atoms with Gasteiger partial charge in [0.15, 0.2) is 0 Å². The second-order valence-electron chi connectivity index (χ2n) is 8.17. The zero-order valence-corrected chi connectivity index (χ0v) is 19.8. The zero-order valence-electron chi connectivity index (χ0n) is 19.8. The first-order valence-electron chi connectivity index (χ1n) is 11.7. The van der Waals surface area contributed by atoms with E-state index in [0.717, 1.165) is 12.0 Å². The summed E-state index contributed by atoms with van der Waals surface area (Å²) in [5, 5.41) is 11.3. The van der Waals surface area contributed by atoms with Crippen molar-refractivity contribution in [1.82, 2.24) is 9.88 Å². The summed E-state index contributed by atoms with van der Waals surface area (Å²) in [6, 6.07) is 16.9. The van der Waals surface area contributed by atoms with Crippen LogP contribution in [0.4, 0.5) is 0 Å². The Morgan fingerprint density at radius 1 is 1.00 bits per heavy atom. The minimum atomic E-state index is -0.785. The van der Waals surface area contributed by atoms with E-state index < -0.39 is 17.7 Å². The number of rotatable bonds is 9. The number of amides is 1. The number of aromatic nitrogens is 1. The second-order valence-corrected chi connectivity index (χ2v) is 8.17. The van der Waals surface area contributed by atoms with Gasteiger partial charge in [-0.15, -0.1) is 0 Å². The third kappa shape index (κ3) is 5.19. The normalized spacial score (nSPS) is 17.0. The highest BCUT2D eigenvalue weighted by molar-refractivity contribution is 6.46. The van der Waals surface area contributed by atoms with Crippen LogP contribution in [0.25, 0.3) is 5.76 Å². The van der Waals surface area contributed by atoms with Gasteiger partial charge in [0.05, 0.1) is 24.8 Å². The maximum absolute atomic E-state index is 13.3. The van der Waals surface area contributed by atoms with Crippen LogP contribution in [0.1, 0.15) is 43.0 Å². The second kappa shape index (κ2) is 10.9. The lowest BCUT2D eigenvalue weighted by Gasteiger charge is -2.25. The lowest BCUT2D eigenvalue weighted by molar-refractivity contribution is -0.140. The highest BCUT2D eigenvalue weighted by Gasteiger charge is 2.46. The minimum absolute atomic E-state index is 0.0377. The van der Waals surface area contributed by atoms with Crippen LogP contribution in [0.5, 0.6) is 11.5 Å². The van der Waals surface area contributed by atoms with Crippen LogP contribution in [0, 0.1) is 0 Å². The highest BCUT2D eigenvalue weighted by Crippen LogP contribution is 2.41. The molecule has 0 aliphatic carbocycles. The predicted molar refractivity (Wildman–Crippen MR) is 132 cm³/mol. The number of carbonyl (C=O) groups excluding carboxylic acids is 2. The van der Waals surface area contributed by atoms with Crippen LogP contribution in [0.15, 0.2) is 78.6 Å². The van der Waals surface area contributed by atoms with Crippen molar-refractivity contribution in [2.24, 2.45) is 0 Å². The summed E-state index contributed by atoms with van der Waals surface area (Å²) in [6.07, 6.45) is 4.15. The highest BCUT2D eigenvalue weighted by atomic mass is 16.5. The Balaban J connectivity index is 1.81. The largest absolute Gasteiger partial charge is 0.507 e. The van der Waals surface area contributed by atoms with E-state index in [1.54, 1.807) is 42.7 Å². The number of nitrogens with zero attached hydrogens (tertiary/aromatic N) is 2. The summed E-state index contributed by atoms with van der Waals surface area (Å²) >= 11 is 0. The summed E-state index contributed by atoms with van der Waals surface area (Å²) in [6.45, 7) is 5.13. The molecule has 180 valence electrons. The number of aliphatic hydroxyl groups is 1. The van der Waals surface area contributed by atoms with Crippen molar-refractivity contribution in [3.63, 3.8) is 0 Å². The maximum Gasteiger partial charge on any atom is 0.295 e. The summed E-state index contributed by atoms with van der Waals surface area (Å²) in [7, 11) is 0. The van der Waals surface area contributed by atoms with Crippen LogP contribution in [-0.2, 0) is 16.1 Å². The molecule has 1 aromatic heterocycles. The molecule has 1 aliphatic heterocycles. The number of carbonyl (C=O) groups is 2. The van der Waals surface area contributed by atoms with Gasteiger partial charge in [-0.25, -0.2) is 0 Å². The Bertz CT molecular complexity index is 1220. The molecule has 1 aliphatic rings. The van der Waals surface area contributed by atoms with E-state index >= 15 is 0 Å². The summed E-state index contributed by atoms with van der Waals surface area (Å²) in [5.74, 6) is -0.350. The predicted octanol–water partition coefficient (Wildman–Crippen LogP) is 4.89. The van der Waals surface area contributed by atoms with Gasteiger partial charge in [0, 0.05) is 24.5 Å². The Labute approximate surface area is 204 Å². The van der Waals surface area contributed by atoms with Crippen LogP contribution in [0.3, 0.4) is 0 Å². The summed E-state index contributed by atoms with van der Waals surface area (Å²) < 4.78 is 11.3. The molecule has 0 unspecified atom stereocenters. The standard InChI is InChI=1S/C28H28N2O5/c1-3-15-35-23-9-5-8-21(16-23)25-24(26(31)20-10-12-22(13-11-20)34-4-2)27(32)28(33)30(25)18-19-7-6-14-29-17-19/h5-14,16-17,25,31H,3-4,15,18H2,1-2H3/b26-24+/t25-/m1/s1. The van der Waals surface area contributed by atoms with Gasteiger partial charge in [0.1, 0.15) is 17.3 Å². The third-order valence-electron chi connectivity index (χ3n) is 5.70. The SMILES string of the molecule is CCCOc1cccc([C@@H]2/C(=C(\O)c3ccc(OCC)cc3)C(=O)C(=O)N2Cc2cccnc2)c1. The monoisotopic (exact) mass is 472 g/mol. The molecule has 1 amide bonds. The maximum atomic E-state index is 13.3. The molecule has 1 atom stereocenters. The van der Waals surface area contributed by atoms with Crippen molar-refractivity contribution in [3.05, 3.63) is 95.3 Å². The molecular formula is C28H28N2O5. The van der Waals surface area contributed by atoms with E-state index in [9.17, 15) is 14.7 Å². The van der Waals surface area contributed by atoms with Gasteiger partial charge in [-0.05, 0) is 66.9 Å². The van der Waals surface area contributed by atoms with E-state index in [2.05, 4.69) is 4.98 Å². The Hall–Kier alpha value is -4.13. The first-order valence-corrected chi connectivity index (χ1v) is 11.7. The zero-order chi connectivity index (χ0) is 24.8. The summed E-state index contributed by atoms with van der Waals surface area (Å²) in [5.41, 5.74) is 1.92. The van der Waals surface area contributed by atoms with Crippen molar-refractivity contribution in [2.75, 3.05) is 13.2 Å². The fraction of sp³-hybridized carbons (Fsp3) is 0.250. The molecular weight excluding hydrogens is 444 g/mol. The van der Waals surface area contributed by atoms with Gasteiger partial charge < -0.3 is 19.5 Å². The topological polar surface area (TPSA) is 89.0 Å². The van der Waals surface area contributed by atoms with Crippen LogP contribution in [0.2, 0.25) is 0 Å². The molecule has 4 rings (SSSR count). The van der Waals surface area contributed by atoms with Crippen molar-refractivity contribution in [1.29, 1.82) is 0 Å². The number of hydrogen-bond acceptors (Lipinski definition) is 6. The van der Waals surface area contributed by atoms with Crippen molar-refractivity contribution in [2.45, 2.75) is 32.9 Å². The number of benzene rings is 2. The number of Topliss-reactive ketones (excluding diaryl/α,β-unsaturated/α-hetero) is 1. The average molecular weight is 473 g/mol. The van der Waals surface area contributed by atoms with Gasteiger partial charge in [-0.1, -0.05) is 25.1 Å². The number of ether oxygens (including phenoxy) is 2. The van der Waals surface area contributed by atoms with Crippen molar-refractivity contribution < 1.29 is 24.2 Å². The molecule has 0 spiro atoms. The summed E-state index contributed by atoms with van der Waals surface area (Å²) in [4.78, 5) is 32.0. The first-order chi connectivity index (χ1) is 17.0. The lowest BCUT2D eigenvalue weighted by atomic mass is 9.95. The lowest BCUT2D eigenvalue weighted by Crippen LogP contribution is -2.29. The van der Waals surface area contributed by atoms with E-state index in [-0.39, 0.29) is 17.9 Å². The van der Waals surface area contributed by atoms with Gasteiger partial charge in [0.25, 0.3) is 11.7 Å². The minimum Gasteiger partial charge on any atom is -0.507 e. The fourth-order valence-electron chi connectivity index (χ4n) is 4.10. The van der Waals surface area contributed by atoms with Gasteiger partial charge in [0.2, 0.25) is 0 Å². The molecule has 3 aromatic rings. The number of hydrogen-bond donors (Lipinski definition) is 1. The van der Waals surface area contributed by atoms with E-state index in [1.807, 2.05) is 44.2 Å². The average Bonchev–Trinajstić information content (AvgIpc) is 3.13. The fourth-order valence-corrected chi connectivity index (χ4v) is 4.10. The van der Waals surface area contributed by atoms with E-state index in [4.69, 9.17) is 9.47 Å². The van der Waals surface area contributed by atoms with Gasteiger partial charge >= 0.3 is 0 Å². The molecule has 0 saturated carbocycles. The molecule has 0 bridgehead atoms. The number of pyridine rings is 1. The Morgan fingerprint density at radius 2 is 1.80 bits per heavy atom. The third-order valence-corrected chi connectivity index (χ3v) is 5.70. The molecule has 0 radical (unpaired) electrons. The molecule has 1 fully saturated rings. The van der Waals surface area contributed by atoms with Crippen LogP contribution in [-0.4, -0.2) is 39.9 Å². The number of likely N-dealkylation sites (tertiary alicyclic amines) is 1. The van der Waals surface area contributed by atoms with Gasteiger partial charge in [-0.3, -0.25) is 14.6 Å². The molecule has 1 saturated heterocycles. The molecule has 2 heterocycles. The van der Waals surface area contributed by atoms with Crippen LogP contribution < -0.4 is 9.47 Å². The molecule has 2 aromatic carbocycles. The molecule has 7 heteroatoms. The number of ketones is 1. The molecule has 1 N–H and O–H groups in total. The van der Waals surface area contributed by atoms with Crippen molar-refractivity contribution in [3.8, 4) is 11.5 Å². The van der Waals surface area contributed by atoms with Crippen LogP contribution >= 0.6 is 0 Å². The number of aliphatic hydroxyl groups excluding tert-OH is 1.